The Hall–Kier alpha value is -2.28. The van der Waals surface area contributed by atoms with Crippen molar-refractivity contribution < 1.29 is 19.1 Å². The zero-order chi connectivity index (χ0) is 16.3. The second-order valence-corrected chi connectivity index (χ2v) is 5.80. The van der Waals surface area contributed by atoms with Crippen molar-refractivity contribution >= 4 is 23.2 Å². The molecule has 0 aliphatic carbocycles. The molecule has 1 amide bonds. The Kier molecular flexibility index (Phi) is 4.87. The fraction of sp³-hybridized carbons (Fsp3) is 0.267. The zero-order valence-electron chi connectivity index (χ0n) is 12.1. The number of aromatic nitrogens is 1. The maximum absolute atomic E-state index is 13.5. The maximum atomic E-state index is 13.5. The molecule has 0 bridgehead atoms. The summed E-state index contributed by atoms with van der Waals surface area (Å²) in [5, 5.41) is 13.6. The van der Waals surface area contributed by atoms with E-state index in [4.69, 9.17) is 5.11 Å². The number of carbonyl (C=O) groups excluding carboxylic acids is 1. The van der Waals surface area contributed by atoms with E-state index in [1.807, 2.05) is 0 Å². The van der Waals surface area contributed by atoms with Crippen molar-refractivity contribution in [2.24, 2.45) is 0 Å². The Balaban J connectivity index is 1.94. The number of aryl methyl sites for hydroxylation is 2. The van der Waals surface area contributed by atoms with Gasteiger partial charge in [-0.15, -0.1) is 11.3 Å². The number of hydrogen-bond acceptors (Lipinski definition) is 4. The minimum Gasteiger partial charge on any atom is -0.476 e. The van der Waals surface area contributed by atoms with Crippen LogP contribution in [0.5, 0.6) is 0 Å². The maximum Gasteiger partial charge on any atom is 0.355 e. The van der Waals surface area contributed by atoms with Gasteiger partial charge in [-0.1, -0.05) is 0 Å². The number of rotatable bonds is 5. The van der Waals surface area contributed by atoms with Gasteiger partial charge in [-0.05, 0) is 37.1 Å². The third-order valence-electron chi connectivity index (χ3n) is 3.09. The Morgan fingerprint density at radius 1 is 1.32 bits per heavy atom. The number of carboxylic acid groups (broad SMARTS) is 1. The number of benzene rings is 1. The van der Waals surface area contributed by atoms with E-state index in [0.717, 1.165) is 0 Å². The summed E-state index contributed by atoms with van der Waals surface area (Å²) in [4.78, 5) is 26.7. The lowest BCUT2D eigenvalue weighted by atomic mass is 10.1. The summed E-state index contributed by atoms with van der Waals surface area (Å²) < 4.78 is 13.5. The van der Waals surface area contributed by atoms with Crippen LogP contribution in [0, 0.1) is 19.7 Å². The first kappa shape index (κ1) is 16.1. The molecule has 0 fully saturated rings. The van der Waals surface area contributed by atoms with Gasteiger partial charge >= 0.3 is 5.97 Å². The first-order valence-corrected chi connectivity index (χ1v) is 7.49. The molecular weight excluding hydrogens is 307 g/mol. The van der Waals surface area contributed by atoms with E-state index in [9.17, 15) is 14.0 Å². The number of amides is 1. The van der Waals surface area contributed by atoms with Gasteiger partial charge in [0.25, 0.3) is 5.91 Å². The smallest absolute Gasteiger partial charge is 0.355 e. The molecule has 22 heavy (non-hydrogen) atoms. The summed E-state index contributed by atoms with van der Waals surface area (Å²) >= 11 is 1.24. The number of halogens is 1. The van der Waals surface area contributed by atoms with Crippen LogP contribution < -0.4 is 5.32 Å². The zero-order valence-corrected chi connectivity index (χ0v) is 13.0. The monoisotopic (exact) mass is 322 g/mol. The lowest BCUT2D eigenvalue weighted by Gasteiger charge is -2.07. The summed E-state index contributed by atoms with van der Waals surface area (Å²) in [5.41, 5.74) is 1.27. The topological polar surface area (TPSA) is 79.3 Å². The second kappa shape index (κ2) is 6.65. The Morgan fingerprint density at radius 2 is 1.95 bits per heavy atom. The van der Waals surface area contributed by atoms with Crippen LogP contribution in [0.1, 0.15) is 37.0 Å². The van der Waals surface area contributed by atoms with E-state index in [1.54, 1.807) is 13.8 Å². The van der Waals surface area contributed by atoms with Gasteiger partial charge in [0.1, 0.15) is 5.82 Å². The first-order valence-electron chi connectivity index (χ1n) is 6.61. The van der Waals surface area contributed by atoms with E-state index in [-0.39, 0.29) is 17.4 Å². The van der Waals surface area contributed by atoms with Crippen LogP contribution in [0.25, 0.3) is 0 Å². The molecule has 1 heterocycles. The van der Waals surface area contributed by atoms with Crippen LogP contribution >= 0.6 is 11.3 Å². The van der Waals surface area contributed by atoms with Crippen LogP contribution in [0.3, 0.4) is 0 Å². The molecule has 0 saturated heterocycles. The highest BCUT2D eigenvalue weighted by molar-refractivity contribution is 7.09. The lowest BCUT2D eigenvalue weighted by Crippen LogP contribution is -2.26. The fourth-order valence-electron chi connectivity index (χ4n) is 1.99. The van der Waals surface area contributed by atoms with Crippen LogP contribution in [0.2, 0.25) is 0 Å². The molecule has 0 radical (unpaired) electrons. The standard InChI is InChI=1S/C15H15FN2O3S/c1-8-5-10(6-9(2)13(8)16)14(19)17-4-3-12-18-11(7-22-12)15(20)21/h5-7H,3-4H2,1-2H3,(H,17,19)(H,20,21). The molecule has 0 aliphatic heterocycles. The van der Waals surface area contributed by atoms with Crippen molar-refractivity contribution in [2.75, 3.05) is 6.54 Å². The average molecular weight is 322 g/mol. The van der Waals surface area contributed by atoms with Crippen molar-refractivity contribution in [1.29, 1.82) is 0 Å². The van der Waals surface area contributed by atoms with Gasteiger partial charge in [0.2, 0.25) is 0 Å². The van der Waals surface area contributed by atoms with Crippen molar-refractivity contribution in [3.8, 4) is 0 Å². The number of carbonyl (C=O) groups is 2. The van der Waals surface area contributed by atoms with Gasteiger partial charge in [-0.3, -0.25) is 4.79 Å². The van der Waals surface area contributed by atoms with Crippen molar-refractivity contribution in [1.82, 2.24) is 10.3 Å². The number of carboxylic acids is 1. The number of nitrogens with one attached hydrogen (secondary N) is 1. The van der Waals surface area contributed by atoms with Gasteiger partial charge in [-0.25, -0.2) is 14.2 Å². The molecule has 2 rings (SSSR count). The van der Waals surface area contributed by atoms with Crippen LogP contribution in [0.4, 0.5) is 4.39 Å². The molecule has 0 aliphatic rings. The minimum absolute atomic E-state index is 0.0103. The molecule has 2 N–H and O–H groups in total. The number of thiazole rings is 1. The fourth-order valence-corrected chi connectivity index (χ4v) is 2.76. The first-order chi connectivity index (χ1) is 10.4. The average Bonchev–Trinajstić information content (AvgIpc) is 2.93. The number of nitrogens with zero attached hydrogens (tertiary/aromatic N) is 1. The van der Waals surface area contributed by atoms with E-state index in [0.29, 0.717) is 34.7 Å². The quantitative estimate of drug-likeness (QED) is 0.887. The summed E-state index contributed by atoms with van der Waals surface area (Å²) in [6, 6.07) is 3.01. The highest BCUT2D eigenvalue weighted by atomic mass is 32.1. The normalized spacial score (nSPS) is 10.5. The lowest BCUT2D eigenvalue weighted by molar-refractivity contribution is 0.0690. The van der Waals surface area contributed by atoms with Crippen molar-refractivity contribution in [2.45, 2.75) is 20.3 Å². The van der Waals surface area contributed by atoms with Gasteiger partial charge in [-0.2, -0.15) is 0 Å². The third kappa shape index (κ3) is 3.67. The molecule has 5 nitrogen and oxygen atoms in total. The molecule has 1 aromatic carbocycles. The summed E-state index contributed by atoms with van der Waals surface area (Å²) in [5.74, 6) is -1.66. The van der Waals surface area contributed by atoms with Crippen LogP contribution in [-0.2, 0) is 6.42 Å². The molecule has 2 aromatic rings. The Bertz CT molecular complexity index is 704. The molecule has 0 atom stereocenters. The van der Waals surface area contributed by atoms with Crippen LogP contribution in [0.15, 0.2) is 17.5 Å². The molecule has 7 heteroatoms. The highest BCUT2D eigenvalue weighted by Crippen LogP contribution is 2.15. The van der Waals surface area contributed by atoms with Crippen LogP contribution in [-0.4, -0.2) is 28.5 Å². The van der Waals surface area contributed by atoms with Gasteiger partial charge < -0.3 is 10.4 Å². The summed E-state index contributed by atoms with van der Waals surface area (Å²) in [7, 11) is 0. The molecule has 0 unspecified atom stereocenters. The summed E-state index contributed by atoms with van der Waals surface area (Å²) in [6.45, 7) is 3.56. The summed E-state index contributed by atoms with van der Waals surface area (Å²) in [6.07, 6.45) is 0.447. The number of aromatic carboxylic acids is 1. The van der Waals surface area contributed by atoms with E-state index >= 15 is 0 Å². The van der Waals surface area contributed by atoms with E-state index in [1.165, 1.54) is 28.8 Å². The highest BCUT2D eigenvalue weighted by Gasteiger charge is 2.11. The number of hydrogen-bond donors (Lipinski definition) is 2. The Morgan fingerprint density at radius 3 is 2.50 bits per heavy atom. The Labute approximate surface area is 130 Å². The second-order valence-electron chi connectivity index (χ2n) is 4.86. The van der Waals surface area contributed by atoms with Crippen molar-refractivity contribution in [3.05, 3.63) is 50.7 Å². The molecule has 1 aromatic heterocycles. The SMILES string of the molecule is Cc1cc(C(=O)NCCc2nc(C(=O)O)cs2)cc(C)c1F. The molecule has 116 valence electrons. The van der Waals surface area contributed by atoms with Gasteiger partial charge in [0.15, 0.2) is 5.69 Å². The van der Waals surface area contributed by atoms with E-state index in [2.05, 4.69) is 10.3 Å². The third-order valence-corrected chi connectivity index (χ3v) is 4.00. The van der Waals surface area contributed by atoms with Crippen molar-refractivity contribution in [3.63, 3.8) is 0 Å². The molecular formula is C15H15FN2O3S. The van der Waals surface area contributed by atoms with Gasteiger partial charge in [0.05, 0.1) is 5.01 Å². The molecule has 0 spiro atoms. The predicted octanol–water partition coefficient (Wildman–Crippen LogP) is 2.57. The van der Waals surface area contributed by atoms with Gasteiger partial charge in [0, 0.05) is 23.9 Å². The molecule has 0 saturated carbocycles. The largest absolute Gasteiger partial charge is 0.476 e. The predicted molar refractivity (Wildman–Crippen MR) is 81.0 cm³/mol. The minimum atomic E-state index is -1.07. The van der Waals surface area contributed by atoms with E-state index < -0.39 is 5.97 Å².